The van der Waals surface area contributed by atoms with Crippen molar-refractivity contribution in [3.05, 3.63) is 68.5 Å². The standard InChI is InChI=1S/C22H13ClF2N6O/c1-31-21(19-15(8-26)12(4-5-24)7-17(23)20(19)25)16(10-28-31)11-2-3-13-14(6-11)18(9-27)29-30-22(13)32/h2-3,6-7,10H,9,27H2,1H3,(H,30,32). The van der Waals surface area contributed by atoms with E-state index in [0.29, 0.717) is 27.6 Å². The second kappa shape index (κ2) is 8.23. The van der Waals surface area contributed by atoms with Crippen molar-refractivity contribution in [2.24, 2.45) is 12.8 Å². The van der Waals surface area contributed by atoms with Crippen molar-refractivity contribution in [3.8, 4) is 40.5 Å². The van der Waals surface area contributed by atoms with Gasteiger partial charge in [0.15, 0.2) is 5.82 Å². The Kier molecular flexibility index (Phi) is 5.45. The summed E-state index contributed by atoms with van der Waals surface area (Å²) in [6.07, 6.45) is 2.71. The van der Waals surface area contributed by atoms with Crippen LogP contribution in [0.25, 0.3) is 33.2 Å². The zero-order chi connectivity index (χ0) is 23.0. The minimum absolute atomic E-state index is 0.0526. The molecule has 32 heavy (non-hydrogen) atoms. The number of hydrogen-bond acceptors (Lipinski definition) is 5. The van der Waals surface area contributed by atoms with Crippen molar-refractivity contribution in [2.45, 2.75) is 6.54 Å². The number of aryl methyl sites for hydroxylation is 1. The molecule has 0 aliphatic carbocycles. The lowest BCUT2D eigenvalue weighted by atomic mass is 9.94. The SMILES string of the molecule is Cn1ncc(-c2ccc3c(=O)[nH]nc(CN)c3c2)c1-c1c(F)c(Cl)cc(C#CF)c1C#N. The summed E-state index contributed by atoms with van der Waals surface area (Å²) >= 11 is 6.02. The predicted molar refractivity (Wildman–Crippen MR) is 116 cm³/mol. The van der Waals surface area contributed by atoms with Gasteiger partial charge in [-0.05, 0) is 29.7 Å². The number of nitriles is 1. The number of aromatic nitrogens is 4. The molecular formula is C22H13ClF2N6O. The third kappa shape index (κ3) is 3.30. The van der Waals surface area contributed by atoms with Crippen molar-refractivity contribution in [3.63, 3.8) is 0 Å². The summed E-state index contributed by atoms with van der Waals surface area (Å²) in [7, 11) is 1.57. The number of hydrogen-bond donors (Lipinski definition) is 2. The molecule has 158 valence electrons. The van der Waals surface area contributed by atoms with Crippen molar-refractivity contribution in [1.29, 1.82) is 5.26 Å². The Morgan fingerprint density at radius 1 is 1.31 bits per heavy atom. The normalized spacial score (nSPS) is 10.6. The first-order valence-corrected chi connectivity index (χ1v) is 9.56. The number of H-pyrrole nitrogens is 1. The third-order valence-electron chi connectivity index (χ3n) is 5.06. The fourth-order valence-corrected chi connectivity index (χ4v) is 3.81. The Morgan fingerprint density at radius 3 is 2.78 bits per heavy atom. The van der Waals surface area contributed by atoms with Crippen molar-refractivity contribution in [2.75, 3.05) is 0 Å². The van der Waals surface area contributed by atoms with E-state index in [4.69, 9.17) is 17.3 Å². The molecule has 7 nitrogen and oxygen atoms in total. The fraction of sp³-hybridized carbons (Fsp3) is 0.0909. The molecule has 0 fully saturated rings. The van der Waals surface area contributed by atoms with Crippen LogP contribution in [0.2, 0.25) is 5.02 Å². The van der Waals surface area contributed by atoms with Crippen LogP contribution < -0.4 is 11.3 Å². The summed E-state index contributed by atoms with van der Waals surface area (Å²) < 4.78 is 29.3. The van der Waals surface area contributed by atoms with Gasteiger partial charge in [-0.25, -0.2) is 9.49 Å². The highest BCUT2D eigenvalue weighted by molar-refractivity contribution is 6.31. The predicted octanol–water partition coefficient (Wildman–Crippen LogP) is 3.39. The fourth-order valence-electron chi connectivity index (χ4n) is 3.60. The van der Waals surface area contributed by atoms with Gasteiger partial charge in [-0.3, -0.25) is 9.48 Å². The van der Waals surface area contributed by atoms with Crippen molar-refractivity contribution >= 4 is 22.4 Å². The maximum Gasteiger partial charge on any atom is 0.272 e. The Labute approximate surface area is 185 Å². The van der Waals surface area contributed by atoms with E-state index in [2.05, 4.69) is 21.2 Å². The van der Waals surface area contributed by atoms with Crippen LogP contribution in [-0.2, 0) is 13.6 Å². The van der Waals surface area contributed by atoms with Gasteiger partial charge in [0.2, 0.25) is 0 Å². The van der Waals surface area contributed by atoms with Crippen LogP contribution in [0.5, 0.6) is 0 Å². The van der Waals surface area contributed by atoms with Crippen LogP contribution in [0.15, 0.2) is 35.3 Å². The van der Waals surface area contributed by atoms with Crippen LogP contribution in [-0.4, -0.2) is 20.0 Å². The van der Waals surface area contributed by atoms with Gasteiger partial charge in [-0.15, -0.1) is 4.39 Å². The minimum Gasteiger partial charge on any atom is -0.325 e. The Hall–Kier alpha value is -4.05. The molecule has 2 aromatic carbocycles. The number of aromatic amines is 1. The van der Waals surface area contributed by atoms with Crippen molar-refractivity contribution < 1.29 is 8.78 Å². The molecule has 4 aromatic rings. The number of fused-ring (bicyclic) bond motifs is 1. The lowest BCUT2D eigenvalue weighted by Gasteiger charge is -2.13. The smallest absolute Gasteiger partial charge is 0.272 e. The lowest BCUT2D eigenvalue weighted by molar-refractivity contribution is 0.628. The minimum atomic E-state index is -0.862. The van der Waals surface area contributed by atoms with E-state index in [9.17, 15) is 14.4 Å². The van der Waals surface area contributed by atoms with E-state index in [1.165, 1.54) is 17.1 Å². The number of nitrogens with zero attached hydrogens (tertiary/aromatic N) is 4. The average molecular weight is 451 g/mol. The molecule has 0 saturated heterocycles. The van der Waals surface area contributed by atoms with E-state index in [1.807, 2.05) is 6.07 Å². The van der Waals surface area contributed by atoms with E-state index in [1.54, 1.807) is 25.2 Å². The highest BCUT2D eigenvalue weighted by Gasteiger charge is 2.24. The van der Waals surface area contributed by atoms with Gasteiger partial charge in [-0.2, -0.15) is 15.5 Å². The van der Waals surface area contributed by atoms with E-state index in [0.717, 1.165) is 6.07 Å². The van der Waals surface area contributed by atoms with Gasteiger partial charge < -0.3 is 5.73 Å². The van der Waals surface area contributed by atoms with Gasteiger partial charge in [0.25, 0.3) is 5.56 Å². The Bertz CT molecular complexity index is 1560. The van der Waals surface area contributed by atoms with Crippen LogP contribution in [0.1, 0.15) is 16.8 Å². The quantitative estimate of drug-likeness (QED) is 0.464. The maximum absolute atomic E-state index is 15.2. The molecule has 0 atom stereocenters. The first kappa shape index (κ1) is 21.2. The molecule has 0 aliphatic rings. The molecule has 0 saturated carbocycles. The molecule has 2 aromatic heterocycles. The molecule has 10 heteroatoms. The summed E-state index contributed by atoms with van der Waals surface area (Å²) in [5.74, 6) is 1.28. The number of rotatable bonds is 3. The zero-order valence-corrected chi connectivity index (χ0v) is 17.3. The van der Waals surface area contributed by atoms with E-state index in [-0.39, 0.29) is 39.5 Å². The van der Waals surface area contributed by atoms with Crippen LogP contribution >= 0.6 is 11.6 Å². The van der Waals surface area contributed by atoms with Gasteiger partial charge in [0.1, 0.15) is 12.2 Å². The lowest BCUT2D eigenvalue weighted by Crippen LogP contribution is -2.13. The second-order valence-corrected chi connectivity index (χ2v) is 7.20. The molecule has 0 unspecified atom stereocenters. The zero-order valence-electron chi connectivity index (χ0n) is 16.5. The summed E-state index contributed by atoms with van der Waals surface area (Å²) in [5, 5.41) is 20.9. The number of benzene rings is 2. The molecule has 2 heterocycles. The summed E-state index contributed by atoms with van der Waals surface area (Å²) in [6.45, 7) is 0.0867. The molecule has 4 rings (SSSR count). The highest BCUT2D eigenvalue weighted by Crippen LogP contribution is 2.39. The van der Waals surface area contributed by atoms with Gasteiger partial charge in [0.05, 0.1) is 39.1 Å². The Balaban J connectivity index is 2.06. The third-order valence-corrected chi connectivity index (χ3v) is 5.34. The Morgan fingerprint density at radius 2 is 2.09 bits per heavy atom. The van der Waals surface area contributed by atoms with E-state index >= 15 is 4.39 Å². The van der Waals surface area contributed by atoms with Crippen LogP contribution in [0, 0.1) is 29.2 Å². The number of halogens is 3. The number of nitrogens with one attached hydrogen (secondary N) is 1. The molecule has 0 bridgehead atoms. The molecule has 3 N–H and O–H groups in total. The first-order valence-electron chi connectivity index (χ1n) is 9.19. The highest BCUT2D eigenvalue weighted by atomic mass is 35.5. The molecule has 0 aliphatic heterocycles. The second-order valence-electron chi connectivity index (χ2n) is 6.80. The topological polar surface area (TPSA) is 113 Å². The average Bonchev–Trinajstić information content (AvgIpc) is 3.17. The summed E-state index contributed by atoms with van der Waals surface area (Å²) in [4.78, 5) is 12.1. The van der Waals surface area contributed by atoms with Crippen molar-refractivity contribution in [1.82, 2.24) is 20.0 Å². The first-order chi connectivity index (χ1) is 15.4. The van der Waals surface area contributed by atoms with Gasteiger partial charge >= 0.3 is 0 Å². The van der Waals surface area contributed by atoms with Crippen LogP contribution in [0.3, 0.4) is 0 Å². The molecule has 0 amide bonds. The molecular weight excluding hydrogens is 438 g/mol. The maximum atomic E-state index is 15.2. The monoisotopic (exact) mass is 450 g/mol. The largest absolute Gasteiger partial charge is 0.325 e. The summed E-state index contributed by atoms with van der Waals surface area (Å²) in [6, 6.07) is 7.94. The van der Waals surface area contributed by atoms with Gasteiger partial charge in [-0.1, -0.05) is 17.7 Å². The van der Waals surface area contributed by atoms with Gasteiger partial charge in [0, 0.05) is 30.1 Å². The van der Waals surface area contributed by atoms with E-state index < -0.39 is 5.82 Å². The summed E-state index contributed by atoms with van der Waals surface area (Å²) in [5.41, 5.74) is 6.72. The molecule has 0 radical (unpaired) electrons. The van der Waals surface area contributed by atoms with Crippen LogP contribution in [0.4, 0.5) is 8.78 Å². The number of nitrogens with two attached hydrogens (primary N) is 1. The molecule has 0 spiro atoms.